The maximum absolute atomic E-state index is 12.3. The number of benzene rings is 2. The van der Waals surface area contributed by atoms with E-state index in [9.17, 15) is 14.9 Å². The van der Waals surface area contributed by atoms with Crippen LogP contribution in [0.15, 0.2) is 46.9 Å². The first-order chi connectivity index (χ1) is 9.02. The molecule has 0 atom stereocenters. The van der Waals surface area contributed by atoms with Crippen molar-refractivity contribution in [1.29, 1.82) is 0 Å². The highest BCUT2D eigenvalue weighted by Gasteiger charge is 2.24. The minimum atomic E-state index is -0.518. The fourth-order valence-corrected chi connectivity index (χ4v) is 2.16. The Morgan fingerprint density at radius 3 is 2.37 bits per heavy atom. The van der Waals surface area contributed by atoms with Gasteiger partial charge in [0.15, 0.2) is 5.78 Å². The van der Waals surface area contributed by atoms with Crippen molar-refractivity contribution in [3.05, 3.63) is 73.7 Å². The summed E-state index contributed by atoms with van der Waals surface area (Å²) in [4.78, 5) is 23.0. The van der Waals surface area contributed by atoms with Crippen LogP contribution in [0, 0.1) is 17.0 Å². The number of halogens is 1. The third-order valence-electron chi connectivity index (χ3n) is 2.83. The maximum Gasteiger partial charge on any atom is 0.284 e. The average molecular weight is 320 g/mol. The molecule has 0 aliphatic rings. The van der Waals surface area contributed by atoms with E-state index in [-0.39, 0.29) is 17.0 Å². The number of nitro groups is 1. The molecule has 4 nitrogen and oxygen atoms in total. The molecule has 0 unspecified atom stereocenters. The molecule has 0 N–H and O–H groups in total. The molecule has 0 bridgehead atoms. The van der Waals surface area contributed by atoms with Gasteiger partial charge in [0.05, 0.1) is 4.92 Å². The van der Waals surface area contributed by atoms with Gasteiger partial charge in [0.1, 0.15) is 5.56 Å². The summed E-state index contributed by atoms with van der Waals surface area (Å²) in [5.74, 6) is -0.345. The van der Waals surface area contributed by atoms with Crippen LogP contribution >= 0.6 is 15.9 Å². The topological polar surface area (TPSA) is 60.2 Å². The summed E-state index contributed by atoms with van der Waals surface area (Å²) in [6, 6.07) is 11.7. The van der Waals surface area contributed by atoms with Crippen molar-refractivity contribution in [2.24, 2.45) is 0 Å². The first-order valence-electron chi connectivity index (χ1n) is 5.55. The molecule has 2 aromatic rings. The number of hydrogen-bond acceptors (Lipinski definition) is 3. The van der Waals surface area contributed by atoms with E-state index >= 15 is 0 Å². The quantitative estimate of drug-likeness (QED) is 0.489. The van der Waals surface area contributed by atoms with Gasteiger partial charge in [-0.15, -0.1) is 0 Å². The molecule has 0 saturated carbocycles. The van der Waals surface area contributed by atoms with Crippen LogP contribution in [0.25, 0.3) is 0 Å². The normalized spacial score (nSPS) is 10.2. The van der Waals surface area contributed by atoms with Crippen molar-refractivity contribution in [1.82, 2.24) is 0 Å². The van der Waals surface area contributed by atoms with Gasteiger partial charge in [-0.1, -0.05) is 46.3 Å². The SMILES string of the molecule is Cc1c(Br)ccc(C(=O)c2ccccc2)c1[N+](=O)[O-]. The van der Waals surface area contributed by atoms with Crippen LogP contribution < -0.4 is 0 Å². The Labute approximate surface area is 118 Å². The average Bonchev–Trinajstić information content (AvgIpc) is 2.41. The van der Waals surface area contributed by atoms with Crippen LogP contribution in [0.5, 0.6) is 0 Å². The summed E-state index contributed by atoms with van der Waals surface area (Å²) in [5.41, 5.74) is 0.847. The van der Waals surface area contributed by atoms with Crippen LogP contribution in [0.4, 0.5) is 5.69 Å². The molecule has 0 saturated heterocycles. The van der Waals surface area contributed by atoms with Crippen LogP contribution in [-0.2, 0) is 0 Å². The Balaban J connectivity index is 2.61. The molecule has 0 amide bonds. The van der Waals surface area contributed by atoms with E-state index in [1.807, 2.05) is 0 Å². The van der Waals surface area contributed by atoms with Crippen molar-refractivity contribution in [3.8, 4) is 0 Å². The van der Waals surface area contributed by atoms with E-state index in [4.69, 9.17) is 0 Å². The molecule has 0 aliphatic heterocycles. The molecule has 0 aromatic heterocycles. The van der Waals surface area contributed by atoms with Gasteiger partial charge in [-0.2, -0.15) is 0 Å². The Hall–Kier alpha value is -2.01. The maximum atomic E-state index is 12.3. The van der Waals surface area contributed by atoms with E-state index in [1.165, 1.54) is 6.07 Å². The number of nitro benzene ring substituents is 1. The third kappa shape index (κ3) is 2.56. The summed E-state index contributed by atoms with van der Waals surface area (Å²) in [7, 11) is 0. The Morgan fingerprint density at radius 1 is 1.16 bits per heavy atom. The zero-order valence-electron chi connectivity index (χ0n) is 10.1. The van der Waals surface area contributed by atoms with E-state index in [1.54, 1.807) is 43.3 Å². The first-order valence-corrected chi connectivity index (χ1v) is 6.35. The molecule has 19 heavy (non-hydrogen) atoms. The highest BCUT2D eigenvalue weighted by Crippen LogP contribution is 2.31. The number of carbonyl (C=O) groups excluding carboxylic acids is 1. The number of ketones is 1. The van der Waals surface area contributed by atoms with Crippen LogP contribution in [-0.4, -0.2) is 10.7 Å². The second-order valence-electron chi connectivity index (χ2n) is 4.02. The zero-order valence-corrected chi connectivity index (χ0v) is 11.7. The van der Waals surface area contributed by atoms with Gasteiger partial charge in [0, 0.05) is 15.6 Å². The van der Waals surface area contributed by atoms with Crippen molar-refractivity contribution in [3.63, 3.8) is 0 Å². The van der Waals surface area contributed by atoms with Gasteiger partial charge < -0.3 is 0 Å². The third-order valence-corrected chi connectivity index (χ3v) is 3.69. The van der Waals surface area contributed by atoms with E-state index in [0.717, 1.165) is 0 Å². The van der Waals surface area contributed by atoms with Crippen LogP contribution in [0.1, 0.15) is 21.5 Å². The van der Waals surface area contributed by atoms with E-state index in [2.05, 4.69) is 15.9 Å². The highest BCUT2D eigenvalue weighted by atomic mass is 79.9. The van der Waals surface area contributed by atoms with Crippen molar-refractivity contribution < 1.29 is 9.72 Å². The highest BCUT2D eigenvalue weighted by molar-refractivity contribution is 9.10. The minimum absolute atomic E-state index is 0.108. The molecule has 0 radical (unpaired) electrons. The summed E-state index contributed by atoms with van der Waals surface area (Å²) >= 11 is 3.24. The smallest absolute Gasteiger partial charge is 0.284 e. The predicted molar refractivity (Wildman–Crippen MR) is 75.4 cm³/mol. The zero-order chi connectivity index (χ0) is 14.0. The molecule has 0 fully saturated rings. The second-order valence-corrected chi connectivity index (χ2v) is 4.88. The lowest BCUT2D eigenvalue weighted by atomic mass is 9.99. The van der Waals surface area contributed by atoms with Gasteiger partial charge in [0.25, 0.3) is 5.69 Å². The first kappa shape index (κ1) is 13.4. The van der Waals surface area contributed by atoms with Gasteiger partial charge in [0.2, 0.25) is 0 Å². The Bertz CT molecular complexity index is 653. The molecular weight excluding hydrogens is 310 g/mol. The van der Waals surface area contributed by atoms with Gasteiger partial charge >= 0.3 is 0 Å². The lowest BCUT2D eigenvalue weighted by molar-refractivity contribution is -0.385. The molecule has 0 heterocycles. The number of hydrogen-bond donors (Lipinski definition) is 0. The monoisotopic (exact) mass is 319 g/mol. The summed E-state index contributed by atoms with van der Waals surface area (Å²) in [5, 5.41) is 11.2. The largest absolute Gasteiger partial charge is 0.288 e. The minimum Gasteiger partial charge on any atom is -0.288 e. The number of carbonyl (C=O) groups is 1. The number of nitrogens with zero attached hydrogens (tertiary/aromatic N) is 1. The molecule has 5 heteroatoms. The predicted octanol–water partition coefficient (Wildman–Crippen LogP) is 3.90. The van der Waals surface area contributed by atoms with Crippen LogP contribution in [0.2, 0.25) is 0 Å². The fraction of sp³-hybridized carbons (Fsp3) is 0.0714. The van der Waals surface area contributed by atoms with Gasteiger partial charge in [-0.25, -0.2) is 0 Å². The van der Waals surface area contributed by atoms with Crippen LogP contribution in [0.3, 0.4) is 0 Å². The van der Waals surface area contributed by atoms with E-state index < -0.39 is 4.92 Å². The Kier molecular flexibility index (Phi) is 3.76. The number of rotatable bonds is 3. The van der Waals surface area contributed by atoms with Crippen molar-refractivity contribution in [2.45, 2.75) is 6.92 Å². The molecular formula is C14H10BrNO3. The Morgan fingerprint density at radius 2 is 1.79 bits per heavy atom. The lowest BCUT2D eigenvalue weighted by Gasteiger charge is -2.06. The summed E-state index contributed by atoms with van der Waals surface area (Å²) in [6.07, 6.45) is 0. The summed E-state index contributed by atoms with van der Waals surface area (Å²) < 4.78 is 0.615. The molecule has 2 aromatic carbocycles. The molecule has 0 aliphatic carbocycles. The van der Waals surface area contributed by atoms with Crippen molar-refractivity contribution >= 4 is 27.4 Å². The van der Waals surface area contributed by atoms with Gasteiger partial charge in [-0.05, 0) is 19.1 Å². The standard InChI is InChI=1S/C14H10BrNO3/c1-9-12(15)8-7-11(13(9)16(18)19)14(17)10-5-3-2-4-6-10/h2-8H,1H3. The van der Waals surface area contributed by atoms with Gasteiger partial charge in [-0.3, -0.25) is 14.9 Å². The van der Waals surface area contributed by atoms with Crippen molar-refractivity contribution in [2.75, 3.05) is 0 Å². The molecule has 96 valence electrons. The lowest BCUT2D eigenvalue weighted by Crippen LogP contribution is -2.07. The van der Waals surface area contributed by atoms with E-state index in [0.29, 0.717) is 15.6 Å². The summed E-state index contributed by atoms with van der Waals surface area (Å²) in [6.45, 7) is 1.62. The molecule has 0 spiro atoms. The second kappa shape index (κ2) is 5.32. The fourth-order valence-electron chi connectivity index (χ4n) is 1.84. The molecule has 2 rings (SSSR count).